The van der Waals surface area contributed by atoms with E-state index in [1.165, 1.54) is 5.56 Å². The molecule has 6 heteroatoms. The molecule has 0 amide bonds. The number of thiophene rings is 1. The molecule has 1 aliphatic rings. The number of nitrogens with one attached hydrogen (secondary N) is 1. The van der Waals surface area contributed by atoms with Gasteiger partial charge in [0.05, 0.1) is 15.6 Å². The van der Waals surface area contributed by atoms with E-state index in [1.807, 2.05) is 30.3 Å². The molecule has 0 fully saturated rings. The van der Waals surface area contributed by atoms with E-state index in [1.54, 1.807) is 11.3 Å². The molecule has 0 atom stereocenters. The van der Waals surface area contributed by atoms with Crippen LogP contribution in [0.3, 0.4) is 0 Å². The highest BCUT2D eigenvalue weighted by atomic mass is 35.5. The number of rotatable bonds is 2. The normalized spacial score (nSPS) is 13.8. The predicted octanol–water partition coefficient (Wildman–Crippen LogP) is 3.65. The van der Waals surface area contributed by atoms with E-state index in [2.05, 4.69) is 15.3 Å². The molecule has 3 heterocycles. The number of anilines is 1. The van der Waals surface area contributed by atoms with Gasteiger partial charge >= 0.3 is 0 Å². The molecule has 2 aromatic heterocycles. The second kappa shape index (κ2) is 4.48. The monoisotopic (exact) mass is 283 g/mol. The average Bonchev–Trinajstić information content (AvgIpc) is 2.95. The maximum absolute atomic E-state index is 5.94. The fraction of sp³-hybridized carbons (Fsp3) is 0.273. The van der Waals surface area contributed by atoms with Crippen LogP contribution in [0.2, 0.25) is 5.02 Å². The van der Waals surface area contributed by atoms with Crippen molar-refractivity contribution in [3.63, 3.8) is 0 Å². The smallest absolute Gasteiger partial charge is 0.171 e. The molecule has 3 rings (SSSR count). The van der Waals surface area contributed by atoms with Gasteiger partial charge in [0.15, 0.2) is 5.82 Å². The zero-order chi connectivity index (χ0) is 11.8. The summed E-state index contributed by atoms with van der Waals surface area (Å²) in [6.07, 6.45) is 0. The van der Waals surface area contributed by atoms with Crippen LogP contribution >= 0.6 is 34.7 Å². The first kappa shape index (κ1) is 11.3. The summed E-state index contributed by atoms with van der Waals surface area (Å²) in [4.78, 5) is 10.2. The van der Waals surface area contributed by atoms with Crippen molar-refractivity contribution in [3.8, 4) is 10.7 Å². The van der Waals surface area contributed by atoms with Gasteiger partial charge < -0.3 is 5.32 Å². The van der Waals surface area contributed by atoms with Gasteiger partial charge in [-0.3, -0.25) is 0 Å². The zero-order valence-electron chi connectivity index (χ0n) is 9.16. The first-order valence-corrected chi connectivity index (χ1v) is 7.59. The van der Waals surface area contributed by atoms with Crippen LogP contribution in [-0.4, -0.2) is 17.0 Å². The maximum Gasteiger partial charge on any atom is 0.171 e. The summed E-state index contributed by atoms with van der Waals surface area (Å²) in [5, 5.41) is 5.80. The van der Waals surface area contributed by atoms with E-state index in [0.29, 0.717) is 0 Å². The largest absolute Gasteiger partial charge is 0.373 e. The number of hydrogen-bond donors (Lipinski definition) is 1. The number of thioether (sulfide) groups is 1. The Morgan fingerprint density at radius 3 is 2.94 bits per heavy atom. The highest BCUT2D eigenvalue weighted by molar-refractivity contribution is 7.98. The van der Waals surface area contributed by atoms with Crippen molar-refractivity contribution in [3.05, 3.63) is 27.7 Å². The lowest BCUT2D eigenvalue weighted by Gasteiger charge is -2.07. The molecule has 0 radical (unpaired) electrons. The molecular weight excluding hydrogens is 274 g/mol. The first-order chi connectivity index (χ1) is 8.28. The van der Waals surface area contributed by atoms with Crippen LogP contribution in [0.5, 0.6) is 0 Å². The zero-order valence-corrected chi connectivity index (χ0v) is 11.5. The van der Waals surface area contributed by atoms with Gasteiger partial charge in [0.25, 0.3) is 0 Å². The first-order valence-electron chi connectivity index (χ1n) is 5.17. The van der Waals surface area contributed by atoms with Gasteiger partial charge in [0, 0.05) is 29.5 Å². The SMILES string of the molecule is CNc1nc(-c2cc(Cl)cs2)nc2c1CSC2. The minimum absolute atomic E-state index is 0.745. The van der Waals surface area contributed by atoms with Crippen LogP contribution in [0.4, 0.5) is 5.82 Å². The Kier molecular flexibility index (Phi) is 2.98. The second-order valence-electron chi connectivity index (χ2n) is 3.69. The molecule has 0 aromatic carbocycles. The van der Waals surface area contributed by atoms with Gasteiger partial charge in [-0.15, -0.1) is 11.3 Å². The molecule has 0 bridgehead atoms. The van der Waals surface area contributed by atoms with Crippen molar-refractivity contribution < 1.29 is 0 Å². The Hall–Kier alpha value is -0.780. The lowest BCUT2D eigenvalue weighted by Crippen LogP contribution is -2.02. The lowest BCUT2D eigenvalue weighted by molar-refractivity contribution is 1.08. The standard InChI is InChI=1S/C11H10ClN3S2/c1-13-10-7-4-16-5-8(7)14-11(15-10)9-2-6(12)3-17-9/h2-3H,4-5H2,1H3,(H,13,14,15). The lowest BCUT2D eigenvalue weighted by atomic mass is 10.2. The highest BCUT2D eigenvalue weighted by Gasteiger charge is 2.20. The number of hydrogen-bond acceptors (Lipinski definition) is 5. The van der Waals surface area contributed by atoms with Gasteiger partial charge in [-0.05, 0) is 6.07 Å². The van der Waals surface area contributed by atoms with Crippen LogP contribution in [0, 0.1) is 0 Å². The van der Waals surface area contributed by atoms with Gasteiger partial charge in [0.1, 0.15) is 5.82 Å². The average molecular weight is 284 g/mol. The summed E-state index contributed by atoms with van der Waals surface area (Å²) < 4.78 is 0. The fourth-order valence-electron chi connectivity index (χ4n) is 1.80. The van der Waals surface area contributed by atoms with Crippen LogP contribution in [0.1, 0.15) is 11.3 Å². The number of halogens is 1. The van der Waals surface area contributed by atoms with Gasteiger partial charge in [-0.25, -0.2) is 9.97 Å². The van der Waals surface area contributed by atoms with Crippen LogP contribution < -0.4 is 5.32 Å². The number of nitrogens with zero attached hydrogens (tertiary/aromatic N) is 2. The fourth-order valence-corrected chi connectivity index (χ4v) is 3.85. The van der Waals surface area contributed by atoms with Crippen LogP contribution in [0.15, 0.2) is 11.4 Å². The summed E-state index contributed by atoms with van der Waals surface area (Å²) in [7, 11) is 1.90. The van der Waals surface area contributed by atoms with Crippen molar-refractivity contribution >= 4 is 40.5 Å². The Balaban J connectivity index is 2.12. The van der Waals surface area contributed by atoms with Crippen molar-refractivity contribution in [2.75, 3.05) is 12.4 Å². The number of fused-ring (bicyclic) bond motifs is 1. The summed E-state index contributed by atoms with van der Waals surface area (Å²) in [6, 6.07) is 1.91. The molecular formula is C11H10ClN3S2. The highest BCUT2D eigenvalue weighted by Crippen LogP contribution is 2.35. The molecule has 0 unspecified atom stereocenters. The molecule has 17 heavy (non-hydrogen) atoms. The molecule has 1 N–H and O–H groups in total. The van der Waals surface area contributed by atoms with E-state index in [9.17, 15) is 0 Å². The van der Waals surface area contributed by atoms with E-state index < -0.39 is 0 Å². The Labute approximate surface area is 113 Å². The minimum atomic E-state index is 0.745. The molecule has 3 nitrogen and oxygen atoms in total. The summed E-state index contributed by atoms with van der Waals surface area (Å²) >= 11 is 9.39. The van der Waals surface area contributed by atoms with Crippen molar-refractivity contribution in [2.24, 2.45) is 0 Å². The third kappa shape index (κ3) is 2.03. The minimum Gasteiger partial charge on any atom is -0.373 e. The topological polar surface area (TPSA) is 37.8 Å². The van der Waals surface area contributed by atoms with Crippen molar-refractivity contribution in [1.82, 2.24) is 9.97 Å². The number of aromatic nitrogens is 2. The van der Waals surface area contributed by atoms with E-state index >= 15 is 0 Å². The Morgan fingerprint density at radius 2 is 2.24 bits per heavy atom. The molecule has 0 saturated heterocycles. The molecule has 0 saturated carbocycles. The maximum atomic E-state index is 5.94. The van der Waals surface area contributed by atoms with Crippen LogP contribution in [-0.2, 0) is 11.5 Å². The molecule has 1 aliphatic heterocycles. The van der Waals surface area contributed by atoms with E-state index in [0.717, 1.165) is 38.7 Å². The van der Waals surface area contributed by atoms with Crippen molar-refractivity contribution in [1.29, 1.82) is 0 Å². The Bertz CT molecular complexity index is 568. The molecule has 2 aromatic rings. The quantitative estimate of drug-likeness (QED) is 0.913. The third-order valence-electron chi connectivity index (χ3n) is 2.60. The summed E-state index contributed by atoms with van der Waals surface area (Å²) in [6.45, 7) is 0. The summed E-state index contributed by atoms with van der Waals surface area (Å²) in [5.41, 5.74) is 2.39. The molecule has 0 spiro atoms. The summed E-state index contributed by atoms with van der Waals surface area (Å²) in [5.74, 6) is 3.68. The van der Waals surface area contributed by atoms with Gasteiger partial charge in [0.2, 0.25) is 0 Å². The van der Waals surface area contributed by atoms with Crippen LogP contribution in [0.25, 0.3) is 10.7 Å². The Morgan fingerprint density at radius 1 is 1.35 bits per heavy atom. The van der Waals surface area contributed by atoms with E-state index in [4.69, 9.17) is 11.6 Å². The van der Waals surface area contributed by atoms with Gasteiger partial charge in [-0.2, -0.15) is 11.8 Å². The predicted molar refractivity (Wildman–Crippen MR) is 74.9 cm³/mol. The second-order valence-corrected chi connectivity index (χ2v) is 6.03. The third-order valence-corrected chi connectivity index (χ3v) is 4.85. The van der Waals surface area contributed by atoms with E-state index in [-0.39, 0.29) is 0 Å². The molecule has 0 aliphatic carbocycles. The molecule has 88 valence electrons. The van der Waals surface area contributed by atoms with Crippen molar-refractivity contribution in [2.45, 2.75) is 11.5 Å². The van der Waals surface area contributed by atoms with Gasteiger partial charge in [-0.1, -0.05) is 11.6 Å².